The van der Waals surface area contributed by atoms with Crippen molar-refractivity contribution < 1.29 is 0 Å². The predicted molar refractivity (Wildman–Crippen MR) is 246 cm³/mol. The molecule has 4 heterocycles. The lowest BCUT2D eigenvalue weighted by molar-refractivity contribution is 1.17. The number of hydrogen-bond donors (Lipinski definition) is 0. The molecule has 0 unspecified atom stereocenters. The summed E-state index contributed by atoms with van der Waals surface area (Å²) in [7, 11) is -4.25. The van der Waals surface area contributed by atoms with E-state index in [-0.39, 0.29) is 0 Å². The second kappa shape index (κ2) is 11.6. The Labute approximate surface area is 338 Å². The van der Waals surface area contributed by atoms with E-state index in [0.717, 1.165) is 0 Å². The van der Waals surface area contributed by atoms with Gasteiger partial charge in [-0.2, -0.15) is 0 Å². The van der Waals surface area contributed by atoms with Crippen molar-refractivity contribution in [3.8, 4) is 22.3 Å². The minimum atomic E-state index is -2.13. The van der Waals surface area contributed by atoms with E-state index in [0.29, 0.717) is 0 Å². The van der Waals surface area contributed by atoms with Crippen LogP contribution in [0, 0.1) is 0 Å². The van der Waals surface area contributed by atoms with Crippen LogP contribution in [0.3, 0.4) is 0 Å². The highest BCUT2D eigenvalue weighted by molar-refractivity contribution is 8.00. The van der Waals surface area contributed by atoms with Gasteiger partial charge in [0.05, 0.1) is 22.7 Å². The highest BCUT2D eigenvalue weighted by atomic mass is 32.2. The Morgan fingerprint density at radius 1 is 0.375 bits per heavy atom. The molecule has 0 aromatic heterocycles. The average molecular weight is 787 g/mol. The van der Waals surface area contributed by atoms with Crippen LogP contribution >= 0.6 is 23.5 Å². The van der Waals surface area contributed by atoms with Gasteiger partial charge in [0.2, 0.25) is 0 Å². The number of para-hydroxylation sites is 4. The zero-order chi connectivity index (χ0) is 37.5. The molecular formula is C50H38N2S2Si2. The first-order chi connectivity index (χ1) is 27.3. The van der Waals surface area contributed by atoms with Crippen LogP contribution in [0.1, 0.15) is 0 Å². The topological polar surface area (TPSA) is 6.48 Å². The molecule has 0 spiro atoms. The summed E-state index contributed by atoms with van der Waals surface area (Å²) < 4.78 is 0. The molecule has 4 aliphatic heterocycles. The van der Waals surface area contributed by atoms with E-state index in [2.05, 4.69) is 194 Å². The van der Waals surface area contributed by atoms with Crippen molar-refractivity contribution in [1.29, 1.82) is 0 Å². The van der Waals surface area contributed by atoms with Crippen LogP contribution < -0.4 is 30.5 Å². The Balaban J connectivity index is 1.04. The molecule has 2 nitrogen and oxygen atoms in total. The van der Waals surface area contributed by atoms with Crippen molar-refractivity contribution in [3.05, 3.63) is 158 Å². The Bertz CT molecular complexity index is 2930. The smallest absolute Gasteiger partial charge is 0.113 e. The lowest BCUT2D eigenvalue weighted by Gasteiger charge is -2.37. The van der Waals surface area contributed by atoms with E-state index < -0.39 is 16.1 Å². The largest absolute Gasteiger partial charge is 0.308 e. The lowest BCUT2D eigenvalue weighted by Crippen LogP contribution is -2.56. The summed E-state index contributed by atoms with van der Waals surface area (Å²) in [6.07, 6.45) is 0. The number of anilines is 6. The molecule has 8 aromatic carbocycles. The second-order valence-electron chi connectivity index (χ2n) is 16.5. The van der Waals surface area contributed by atoms with Gasteiger partial charge in [-0.1, -0.05) is 135 Å². The van der Waals surface area contributed by atoms with Crippen LogP contribution in [0.4, 0.5) is 34.1 Å². The number of fused-ring (bicyclic) bond motifs is 10. The first-order valence-corrected chi connectivity index (χ1v) is 27.1. The van der Waals surface area contributed by atoms with Gasteiger partial charge in [-0.25, -0.2) is 0 Å². The van der Waals surface area contributed by atoms with E-state index >= 15 is 0 Å². The van der Waals surface area contributed by atoms with Crippen molar-refractivity contribution in [2.45, 2.75) is 45.8 Å². The van der Waals surface area contributed by atoms with Crippen LogP contribution in [-0.4, -0.2) is 16.1 Å². The molecule has 6 heteroatoms. The van der Waals surface area contributed by atoms with Gasteiger partial charge >= 0.3 is 0 Å². The molecular weight excluding hydrogens is 749 g/mol. The fraction of sp³-hybridized carbons (Fsp3) is 0.0800. The zero-order valence-electron chi connectivity index (χ0n) is 31.7. The van der Waals surface area contributed by atoms with Gasteiger partial charge in [0, 0.05) is 31.0 Å². The van der Waals surface area contributed by atoms with Gasteiger partial charge in [0.1, 0.15) is 16.1 Å². The third-order valence-corrected chi connectivity index (χ3v) is 22.1. The minimum Gasteiger partial charge on any atom is -0.308 e. The molecule has 0 aliphatic carbocycles. The van der Waals surface area contributed by atoms with E-state index in [1.165, 1.54) is 97.1 Å². The van der Waals surface area contributed by atoms with Gasteiger partial charge in [0.25, 0.3) is 0 Å². The average Bonchev–Trinajstić information content (AvgIpc) is 3.45. The summed E-state index contributed by atoms with van der Waals surface area (Å²) in [5, 5.41) is 9.08. The Hall–Kier alpha value is -5.25. The maximum Gasteiger partial charge on any atom is 0.113 e. The maximum absolute atomic E-state index is 2.64. The van der Waals surface area contributed by atoms with Gasteiger partial charge < -0.3 is 9.80 Å². The van der Waals surface area contributed by atoms with Crippen molar-refractivity contribution in [3.63, 3.8) is 0 Å². The number of benzene rings is 8. The normalized spacial score (nSPS) is 15.9. The maximum atomic E-state index is 2.64. The van der Waals surface area contributed by atoms with E-state index in [9.17, 15) is 0 Å². The SMILES string of the molecule is C[Si]1(C)c2cc(N3c4ccccc4Sc4ccccc43)ccc2-c2c1cc1c3c(cccc23)[Si](C)(C)c2cc(N3c4ccccc4Sc4ccccc43)ccc2-1. The summed E-state index contributed by atoms with van der Waals surface area (Å²) >= 11 is 3.75. The number of rotatable bonds is 2. The van der Waals surface area contributed by atoms with Crippen LogP contribution in [-0.2, 0) is 0 Å². The molecule has 0 fully saturated rings. The fourth-order valence-corrected chi connectivity index (χ4v) is 18.4. The third kappa shape index (κ3) is 4.41. The summed E-state index contributed by atoms with van der Waals surface area (Å²) in [6, 6.07) is 60.1. The molecule has 0 saturated carbocycles. The van der Waals surface area contributed by atoms with Crippen molar-refractivity contribution in [1.82, 2.24) is 0 Å². The minimum absolute atomic E-state index is 1.25. The number of nitrogens with zero attached hydrogens (tertiary/aromatic N) is 2. The highest BCUT2D eigenvalue weighted by Crippen LogP contribution is 2.53. The van der Waals surface area contributed by atoms with Gasteiger partial charge in [-0.05, 0) is 127 Å². The summed E-state index contributed by atoms with van der Waals surface area (Å²) in [6.45, 7) is 10.3. The lowest BCUT2D eigenvalue weighted by atomic mass is 9.91. The molecule has 0 atom stereocenters. The van der Waals surface area contributed by atoms with E-state index in [1.807, 2.05) is 23.5 Å². The third-order valence-electron chi connectivity index (χ3n) is 12.8. The second-order valence-corrected chi connectivity index (χ2v) is 27.4. The number of hydrogen-bond acceptors (Lipinski definition) is 4. The summed E-state index contributed by atoms with van der Waals surface area (Å²) in [5.74, 6) is 0. The van der Waals surface area contributed by atoms with E-state index in [1.54, 1.807) is 10.4 Å². The zero-order valence-corrected chi connectivity index (χ0v) is 35.4. The molecule has 56 heavy (non-hydrogen) atoms. The predicted octanol–water partition coefficient (Wildman–Crippen LogP) is 12.3. The molecule has 0 N–H and O–H groups in total. The van der Waals surface area contributed by atoms with Gasteiger partial charge in [0.15, 0.2) is 0 Å². The monoisotopic (exact) mass is 786 g/mol. The van der Waals surface area contributed by atoms with Crippen LogP contribution in [0.25, 0.3) is 33.0 Å². The van der Waals surface area contributed by atoms with Crippen LogP contribution in [0.5, 0.6) is 0 Å². The molecule has 0 saturated heterocycles. The highest BCUT2D eigenvalue weighted by Gasteiger charge is 2.43. The van der Waals surface area contributed by atoms with Gasteiger partial charge in [-0.3, -0.25) is 0 Å². The molecule has 0 amide bonds. The van der Waals surface area contributed by atoms with Gasteiger partial charge in [-0.15, -0.1) is 0 Å². The molecule has 268 valence electrons. The molecule has 0 bridgehead atoms. The Morgan fingerprint density at radius 3 is 1.34 bits per heavy atom. The Morgan fingerprint density at radius 2 is 0.821 bits per heavy atom. The van der Waals surface area contributed by atoms with Crippen molar-refractivity contribution in [2.24, 2.45) is 0 Å². The first kappa shape index (κ1) is 32.9. The standard InChI is InChI=1S/C50H38N2S2Si2/c1-55(2)45-23-13-14-35-49-34-27-25-32(52-39-17-7-11-21-43(39)54-44-22-12-8-18-40(44)52)29-47(34)56(3,4)48(49)30-36(50(35)45)33-26-24-31(28-46(33)55)51-37-15-5-9-19-41(37)53-42-20-10-6-16-38(42)51/h5-30H,1-4H3. The van der Waals surface area contributed by atoms with Crippen molar-refractivity contribution in [2.75, 3.05) is 9.80 Å². The molecule has 0 radical (unpaired) electrons. The quantitative estimate of drug-likeness (QED) is 0.161. The molecule has 8 aromatic rings. The Kier molecular flexibility index (Phi) is 6.85. The summed E-state index contributed by atoms with van der Waals surface area (Å²) in [5.41, 5.74) is 13.3. The fourth-order valence-electron chi connectivity index (χ4n) is 10.1. The van der Waals surface area contributed by atoms with Crippen molar-refractivity contribution >= 4 is 105 Å². The van der Waals surface area contributed by atoms with E-state index in [4.69, 9.17) is 0 Å². The molecule has 12 rings (SSSR count). The molecule has 4 aliphatic rings. The first-order valence-electron chi connectivity index (χ1n) is 19.5. The van der Waals surface area contributed by atoms with Crippen LogP contribution in [0.2, 0.25) is 26.2 Å². The van der Waals surface area contributed by atoms with Crippen LogP contribution in [0.15, 0.2) is 177 Å². The summed E-state index contributed by atoms with van der Waals surface area (Å²) in [4.78, 5) is 10.2.